The van der Waals surface area contributed by atoms with Crippen LogP contribution in [0.4, 0.5) is 0 Å². The zero-order valence-corrected chi connectivity index (χ0v) is 19.1. The van der Waals surface area contributed by atoms with Crippen molar-refractivity contribution in [3.05, 3.63) is 59.5 Å². The number of fused-ring (bicyclic) bond motifs is 1. The number of amides is 1. The molecule has 3 heterocycles. The molecule has 3 aromatic heterocycles. The fraction of sp³-hybridized carbons (Fsp3) is 0.333. The van der Waals surface area contributed by atoms with Crippen molar-refractivity contribution in [3.8, 4) is 17.0 Å². The Morgan fingerprint density at radius 2 is 2.03 bits per heavy atom. The van der Waals surface area contributed by atoms with Crippen LogP contribution < -0.4 is 10.1 Å². The van der Waals surface area contributed by atoms with Gasteiger partial charge in [-0.3, -0.25) is 14.2 Å². The number of aromatic nitrogens is 5. The van der Waals surface area contributed by atoms with Gasteiger partial charge in [0.25, 0.3) is 5.91 Å². The van der Waals surface area contributed by atoms with Crippen molar-refractivity contribution in [3.63, 3.8) is 0 Å². The molecule has 0 bridgehead atoms. The first-order chi connectivity index (χ1) is 15.4. The Balaban J connectivity index is 1.64. The molecule has 1 N–H and O–H groups in total. The van der Waals surface area contributed by atoms with Crippen molar-refractivity contribution < 1.29 is 9.53 Å². The highest BCUT2D eigenvalue weighted by Crippen LogP contribution is 2.28. The van der Waals surface area contributed by atoms with Crippen LogP contribution in [-0.2, 0) is 13.6 Å². The van der Waals surface area contributed by atoms with Crippen molar-refractivity contribution in [1.82, 2.24) is 29.9 Å². The fourth-order valence-electron chi connectivity index (χ4n) is 3.87. The summed E-state index contributed by atoms with van der Waals surface area (Å²) in [7, 11) is 3.47. The Hall–Kier alpha value is -3.68. The van der Waals surface area contributed by atoms with Crippen LogP contribution in [-0.4, -0.2) is 44.1 Å². The minimum Gasteiger partial charge on any atom is -0.497 e. The van der Waals surface area contributed by atoms with Gasteiger partial charge in [0.15, 0.2) is 5.65 Å². The number of rotatable bonds is 7. The van der Waals surface area contributed by atoms with Crippen molar-refractivity contribution in [2.45, 2.75) is 27.3 Å². The predicted molar refractivity (Wildman–Crippen MR) is 124 cm³/mol. The number of hydrogen-bond donors (Lipinski definition) is 1. The van der Waals surface area contributed by atoms with Gasteiger partial charge < -0.3 is 10.1 Å². The maximum Gasteiger partial charge on any atom is 0.252 e. The maximum atomic E-state index is 13.3. The second-order valence-electron chi connectivity index (χ2n) is 8.16. The SMILES string of the molecule is COc1cccc(-c2cc(C(=O)NC[C@H](C)Cn3nccc3C)c3c(C)nn(C)c3n2)c1. The van der Waals surface area contributed by atoms with E-state index < -0.39 is 0 Å². The minimum absolute atomic E-state index is 0.137. The standard InChI is InChI=1S/C24H28N6O2/c1-15(14-30-16(2)9-10-26-30)13-25-24(31)20-12-21(18-7-6-8-19(11-18)32-5)27-23-22(20)17(3)28-29(23)4/h6-12,15H,13-14H2,1-5H3,(H,25,31)/t15-/m0/s1. The number of carbonyl (C=O) groups is 1. The third-order valence-electron chi connectivity index (χ3n) is 5.60. The van der Waals surface area contributed by atoms with Gasteiger partial charge in [0, 0.05) is 37.6 Å². The van der Waals surface area contributed by atoms with Gasteiger partial charge in [0.1, 0.15) is 5.75 Å². The number of aryl methyl sites for hydroxylation is 3. The van der Waals surface area contributed by atoms with Gasteiger partial charge in [-0.05, 0) is 44.0 Å². The quantitative estimate of drug-likeness (QED) is 0.483. The van der Waals surface area contributed by atoms with Crippen molar-refractivity contribution in [2.75, 3.05) is 13.7 Å². The van der Waals surface area contributed by atoms with Gasteiger partial charge >= 0.3 is 0 Å². The number of nitrogens with zero attached hydrogens (tertiary/aromatic N) is 5. The average Bonchev–Trinajstić information content (AvgIpc) is 3.33. The zero-order chi connectivity index (χ0) is 22.8. The highest BCUT2D eigenvalue weighted by atomic mass is 16.5. The normalized spacial score (nSPS) is 12.2. The molecule has 0 saturated heterocycles. The molecular weight excluding hydrogens is 404 g/mol. The molecule has 8 nitrogen and oxygen atoms in total. The number of carbonyl (C=O) groups excluding carboxylic acids is 1. The molecule has 166 valence electrons. The van der Waals surface area contributed by atoms with E-state index in [1.165, 1.54) is 0 Å². The van der Waals surface area contributed by atoms with Gasteiger partial charge in [-0.25, -0.2) is 4.98 Å². The van der Waals surface area contributed by atoms with E-state index in [9.17, 15) is 4.79 Å². The topological polar surface area (TPSA) is 86.9 Å². The van der Waals surface area contributed by atoms with E-state index in [1.807, 2.05) is 62.0 Å². The minimum atomic E-state index is -0.137. The second-order valence-corrected chi connectivity index (χ2v) is 8.16. The Labute approximate surface area is 187 Å². The first-order valence-corrected chi connectivity index (χ1v) is 10.6. The van der Waals surface area contributed by atoms with Crippen LogP contribution in [0, 0.1) is 19.8 Å². The molecule has 0 radical (unpaired) electrons. The summed E-state index contributed by atoms with van der Waals surface area (Å²) in [5.41, 5.74) is 4.70. The molecule has 1 aromatic carbocycles. The van der Waals surface area contributed by atoms with E-state index in [0.717, 1.165) is 34.6 Å². The summed E-state index contributed by atoms with van der Waals surface area (Å²) in [6, 6.07) is 11.5. The predicted octanol–water partition coefficient (Wildman–Crippen LogP) is 3.52. The van der Waals surface area contributed by atoms with Crippen molar-refractivity contribution in [1.29, 1.82) is 0 Å². The molecule has 1 amide bonds. The van der Waals surface area contributed by atoms with E-state index >= 15 is 0 Å². The molecule has 1 atom stereocenters. The average molecular weight is 433 g/mol. The molecular formula is C24H28N6O2. The summed E-state index contributed by atoms with van der Waals surface area (Å²) in [6.07, 6.45) is 1.79. The Kier molecular flexibility index (Phi) is 5.94. The van der Waals surface area contributed by atoms with E-state index in [-0.39, 0.29) is 11.8 Å². The van der Waals surface area contributed by atoms with Crippen LogP contribution in [0.1, 0.15) is 28.7 Å². The van der Waals surface area contributed by atoms with Crippen LogP contribution in [0.25, 0.3) is 22.3 Å². The first-order valence-electron chi connectivity index (χ1n) is 10.6. The summed E-state index contributed by atoms with van der Waals surface area (Å²) in [6.45, 7) is 7.30. The lowest BCUT2D eigenvalue weighted by atomic mass is 10.0. The number of methoxy groups -OCH3 is 1. The molecule has 0 aliphatic carbocycles. The van der Waals surface area contributed by atoms with E-state index in [2.05, 4.69) is 22.4 Å². The number of nitrogens with one attached hydrogen (secondary N) is 1. The Bertz CT molecular complexity index is 1270. The van der Waals surface area contributed by atoms with Crippen molar-refractivity contribution in [2.24, 2.45) is 13.0 Å². The lowest BCUT2D eigenvalue weighted by Crippen LogP contribution is -2.30. The van der Waals surface area contributed by atoms with Crippen LogP contribution in [0.2, 0.25) is 0 Å². The largest absolute Gasteiger partial charge is 0.497 e. The monoisotopic (exact) mass is 432 g/mol. The Morgan fingerprint density at radius 3 is 2.75 bits per heavy atom. The number of ether oxygens (including phenoxy) is 1. The molecule has 0 aliphatic heterocycles. The van der Waals surface area contributed by atoms with Gasteiger partial charge in [-0.2, -0.15) is 10.2 Å². The molecule has 32 heavy (non-hydrogen) atoms. The second kappa shape index (κ2) is 8.82. The summed E-state index contributed by atoms with van der Waals surface area (Å²) < 4.78 is 9.02. The maximum absolute atomic E-state index is 13.3. The molecule has 0 spiro atoms. The molecule has 4 aromatic rings. The lowest BCUT2D eigenvalue weighted by molar-refractivity contribution is 0.0948. The molecule has 0 unspecified atom stereocenters. The zero-order valence-electron chi connectivity index (χ0n) is 19.1. The summed E-state index contributed by atoms with van der Waals surface area (Å²) in [5, 5.41) is 12.7. The third-order valence-corrected chi connectivity index (χ3v) is 5.60. The molecule has 4 rings (SSSR count). The van der Waals surface area contributed by atoms with Gasteiger partial charge in [-0.15, -0.1) is 0 Å². The number of hydrogen-bond acceptors (Lipinski definition) is 5. The van der Waals surface area contributed by atoms with E-state index in [1.54, 1.807) is 18.0 Å². The molecule has 0 fully saturated rings. The smallest absolute Gasteiger partial charge is 0.252 e. The van der Waals surface area contributed by atoms with Gasteiger partial charge in [-0.1, -0.05) is 19.1 Å². The van der Waals surface area contributed by atoms with Crippen LogP contribution in [0.15, 0.2) is 42.6 Å². The summed E-state index contributed by atoms with van der Waals surface area (Å²) in [5.74, 6) is 0.823. The summed E-state index contributed by atoms with van der Waals surface area (Å²) in [4.78, 5) is 18.1. The number of benzene rings is 1. The van der Waals surface area contributed by atoms with E-state index in [0.29, 0.717) is 23.4 Å². The van der Waals surface area contributed by atoms with Crippen LogP contribution in [0.5, 0.6) is 5.75 Å². The van der Waals surface area contributed by atoms with E-state index in [4.69, 9.17) is 9.72 Å². The third kappa shape index (κ3) is 4.21. The summed E-state index contributed by atoms with van der Waals surface area (Å²) >= 11 is 0. The van der Waals surface area contributed by atoms with Crippen LogP contribution >= 0.6 is 0 Å². The highest BCUT2D eigenvalue weighted by molar-refractivity contribution is 6.07. The first kappa shape index (κ1) is 21.5. The van der Waals surface area contributed by atoms with Crippen molar-refractivity contribution >= 4 is 16.9 Å². The molecule has 0 aliphatic rings. The highest BCUT2D eigenvalue weighted by Gasteiger charge is 2.20. The Morgan fingerprint density at radius 1 is 1.22 bits per heavy atom. The molecule has 8 heteroatoms. The van der Waals surface area contributed by atoms with Gasteiger partial charge in [0.05, 0.1) is 29.4 Å². The van der Waals surface area contributed by atoms with Gasteiger partial charge in [0.2, 0.25) is 0 Å². The fourth-order valence-corrected chi connectivity index (χ4v) is 3.87. The van der Waals surface area contributed by atoms with Crippen LogP contribution in [0.3, 0.4) is 0 Å². The lowest BCUT2D eigenvalue weighted by Gasteiger charge is -2.15. The number of pyridine rings is 1. The molecule has 0 saturated carbocycles.